The van der Waals surface area contributed by atoms with Crippen LogP contribution in [0.5, 0.6) is 0 Å². The Hall–Kier alpha value is -1.13. The lowest BCUT2D eigenvalue weighted by Crippen LogP contribution is -2.13. The molecule has 0 aromatic carbocycles. The smallest absolute Gasteiger partial charge is 0.182 e. The molecule has 2 aromatic rings. The third-order valence-electron chi connectivity index (χ3n) is 2.29. The summed E-state index contributed by atoms with van der Waals surface area (Å²) in [6, 6.07) is 3.76. The molecule has 0 amide bonds. The van der Waals surface area contributed by atoms with E-state index >= 15 is 0 Å². The van der Waals surface area contributed by atoms with E-state index in [1.165, 1.54) is 16.2 Å². The Balaban J connectivity index is 2.05. The van der Waals surface area contributed by atoms with Gasteiger partial charge in [-0.15, -0.1) is 11.3 Å². The average Bonchev–Trinajstić information content (AvgIpc) is 2.57. The van der Waals surface area contributed by atoms with Crippen molar-refractivity contribution in [2.45, 2.75) is 19.9 Å². The maximum absolute atomic E-state index is 7.74. The van der Waals surface area contributed by atoms with Gasteiger partial charge in [-0.3, -0.25) is 5.41 Å². The van der Waals surface area contributed by atoms with Crippen LogP contribution in [0.2, 0.25) is 5.15 Å². The summed E-state index contributed by atoms with van der Waals surface area (Å²) in [5, 5.41) is 8.25. The first kappa shape index (κ1) is 11.4. The van der Waals surface area contributed by atoms with Gasteiger partial charge >= 0.3 is 0 Å². The molecule has 0 aliphatic heterocycles. The van der Waals surface area contributed by atoms with Gasteiger partial charge in [-0.2, -0.15) is 0 Å². The highest BCUT2D eigenvalue weighted by atomic mass is 35.5. The molecule has 0 aliphatic carbocycles. The van der Waals surface area contributed by atoms with E-state index in [4.69, 9.17) is 17.0 Å². The average molecular weight is 254 g/mol. The van der Waals surface area contributed by atoms with E-state index in [2.05, 4.69) is 4.98 Å². The lowest BCUT2D eigenvalue weighted by Gasteiger charge is -2.02. The van der Waals surface area contributed by atoms with Crippen LogP contribution in [-0.4, -0.2) is 9.55 Å². The van der Waals surface area contributed by atoms with Gasteiger partial charge < -0.3 is 4.57 Å². The molecule has 0 saturated carbocycles. The molecule has 2 aromatic heterocycles. The van der Waals surface area contributed by atoms with Crippen molar-refractivity contribution in [2.24, 2.45) is 0 Å². The molecule has 1 N–H and O–H groups in total. The van der Waals surface area contributed by atoms with Crippen molar-refractivity contribution in [2.75, 3.05) is 0 Å². The van der Waals surface area contributed by atoms with Gasteiger partial charge in [0, 0.05) is 23.8 Å². The monoisotopic (exact) mass is 253 g/mol. The lowest BCUT2D eigenvalue weighted by molar-refractivity contribution is 0.668. The fourth-order valence-electron chi connectivity index (χ4n) is 1.49. The van der Waals surface area contributed by atoms with Crippen molar-refractivity contribution in [1.29, 1.82) is 5.41 Å². The van der Waals surface area contributed by atoms with E-state index in [1.54, 1.807) is 12.3 Å². The molecule has 0 atom stereocenters. The molecule has 0 bridgehead atoms. The molecule has 3 nitrogen and oxygen atoms in total. The SMILES string of the molecule is Cc1cn(CCc2ccc(Cl)nc2)c(=N)s1. The van der Waals surface area contributed by atoms with Crippen LogP contribution in [0, 0.1) is 12.3 Å². The minimum atomic E-state index is 0.518. The van der Waals surface area contributed by atoms with Crippen LogP contribution in [0.15, 0.2) is 24.5 Å². The molecule has 0 spiro atoms. The van der Waals surface area contributed by atoms with Gasteiger partial charge in [0.25, 0.3) is 0 Å². The Bertz CT molecular complexity index is 527. The summed E-state index contributed by atoms with van der Waals surface area (Å²) >= 11 is 7.21. The molecule has 0 radical (unpaired) electrons. The molecule has 16 heavy (non-hydrogen) atoms. The molecule has 0 fully saturated rings. The van der Waals surface area contributed by atoms with Gasteiger partial charge in [-0.05, 0) is 25.0 Å². The van der Waals surface area contributed by atoms with Crippen molar-refractivity contribution in [3.8, 4) is 0 Å². The zero-order valence-corrected chi connectivity index (χ0v) is 10.5. The Morgan fingerprint density at radius 1 is 1.50 bits per heavy atom. The van der Waals surface area contributed by atoms with Crippen LogP contribution in [0.1, 0.15) is 10.4 Å². The van der Waals surface area contributed by atoms with Gasteiger partial charge in [-0.25, -0.2) is 4.98 Å². The Morgan fingerprint density at radius 2 is 2.31 bits per heavy atom. The number of nitrogens with one attached hydrogen (secondary N) is 1. The number of rotatable bonds is 3. The Kier molecular flexibility index (Phi) is 3.41. The second-order valence-corrected chi connectivity index (χ2v) is 5.20. The number of hydrogen-bond donors (Lipinski definition) is 1. The van der Waals surface area contributed by atoms with Gasteiger partial charge in [0.2, 0.25) is 0 Å². The second-order valence-electron chi connectivity index (χ2n) is 3.58. The van der Waals surface area contributed by atoms with Crippen LogP contribution in [0.3, 0.4) is 0 Å². The fraction of sp³-hybridized carbons (Fsp3) is 0.273. The van der Waals surface area contributed by atoms with E-state index < -0.39 is 0 Å². The van der Waals surface area contributed by atoms with E-state index in [0.717, 1.165) is 18.5 Å². The number of aromatic nitrogens is 2. The summed E-state index contributed by atoms with van der Waals surface area (Å²) in [5.41, 5.74) is 1.14. The number of halogens is 1. The van der Waals surface area contributed by atoms with Crippen LogP contribution in [0.25, 0.3) is 0 Å². The molecule has 0 saturated heterocycles. The maximum Gasteiger partial charge on any atom is 0.182 e. The third-order valence-corrected chi connectivity index (χ3v) is 3.37. The van der Waals surface area contributed by atoms with Crippen molar-refractivity contribution in [1.82, 2.24) is 9.55 Å². The van der Waals surface area contributed by atoms with Gasteiger partial charge in [0.05, 0.1) is 0 Å². The number of pyridine rings is 1. The first-order valence-electron chi connectivity index (χ1n) is 4.97. The zero-order chi connectivity index (χ0) is 11.5. The van der Waals surface area contributed by atoms with Crippen LogP contribution in [0.4, 0.5) is 0 Å². The van der Waals surface area contributed by atoms with Crippen molar-refractivity contribution < 1.29 is 0 Å². The number of nitrogens with zero attached hydrogens (tertiary/aromatic N) is 2. The molecule has 2 heterocycles. The summed E-state index contributed by atoms with van der Waals surface area (Å²) in [6.45, 7) is 2.83. The predicted molar refractivity (Wildman–Crippen MR) is 65.9 cm³/mol. The van der Waals surface area contributed by atoms with Gasteiger partial charge in [0.1, 0.15) is 5.15 Å². The molecular formula is C11H12ClN3S. The predicted octanol–water partition coefficient (Wildman–Crippen LogP) is 2.63. The first-order chi connectivity index (χ1) is 7.65. The molecule has 0 unspecified atom stereocenters. The molecular weight excluding hydrogens is 242 g/mol. The number of thiazole rings is 1. The summed E-state index contributed by atoms with van der Waals surface area (Å²) in [6.07, 6.45) is 4.67. The fourth-order valence-corrected chi connectivity index (χ4v) is 2.34. The van der Waals surface area contributed by atoms with Gasteiger partial charge in [-0.1, -0.05) is 17.7 Å². The highest BCUT2D eigenvalue weighted by Gasteiger charge is 1.99. The zero-order valence-electron chi connectivity index (χ0n) is 8.90. The molecule has 2 rings (SSSR count). The summed E-state index contributed by atoms with van der Waals surface area (Å²) in [5.74, 6) is 0. The topological polar surface area (TPSA) is 41.7 Å². The largest absolute Gasteiger partial charge is 0.324 e. The first-order valence-corrected chi connectivity index (χ1v) is 6.16. The Morgan fingerprint density at radius 3 is 2.88 bits per heavy atom. The Labute approximate surface area is 103 Å². The highest BCUT2D eigenvalue weighted by Crippen LogP contribution is 2.07. The van der Waals surface area contributed by atoms with E-state index in [1.807, 2.05) is 23.8 Å². The standard InChI is InChI=1S/C11H12ClN3S/c1-8-7-15(11(13)16-8)5-4-9-2-3-10(12)14-6-9/h2-3,6-7,13H,4-5H2,1H3. The van der Waals surface area contributed by atoms with Crippen molar-refractivity contribution in [3.63, 3.8) is 0 Å². The van der Waals surface area contributed by atoms with E-state index in [9.17, 15) is 0 Å². The molecule has 5 heteroatoms. The number of aryl methyl sites for hydroxylation is 3. The minimum absolute atomic E-state index is 0.518. The quantitative estimate of drug-likeness (QED) is 0.840. The van der Waals surface area contributed by atoms with Crippen LogP contribution in [-0.2, 0) is 13.0 Å². The number of hydrogen-bond acceptors (Lipinski definition) is 3. The molecule has 84 valence electrons. The van der Waals surface area contributed by atoms with Crippen LogP contribution < -0.4 is 4.80 Å². The van der Waals surface area contributed by atoms with E-state index in [-0.39, 0.29) is 0 Å². The highest BCUT2D eigenvalue weighted by molar-refractivity contribution is 7.09. The third kappa shape index (κ3) is 2.71. The van der Waals surface area contributed by atoms with Gasteiger partial charge in [0.15, 0.2) is 4.80 Å². The maximum atomic E-state index is 7.74. The van der Waals surface area contributed by atoms with Crippen molar-refractivity contribution in [3.05, 3.63) is 44.9 Å². The normalized spacial score (nSPS) is 10.6. The van der Waals surface area contributed by atoms with Crippen LogP contribution >= 0.6 is 22.9 Å². The minimum Gasteiger partial charge on any atom is -0.324 e. The molecule has 0 aliphatic rings. The summed E-state index contributed by atoms with van der Waals surface area (Å²) in [4.78, 5) is 5.79. The van der Waals surface area contributed by atoms with E-state index in [0.29, 0.717) is 9.95 Å². The summed E-state index contributed by atoms with van der Waals surface area (Å²) in [7, 11) is 0. The second kappa shape index (κ2) is 4.80. The summed E-state index contributed by atoms with van der Waals surface area (Å²) < 4.78 is 1.95. The lowest BCUT2D eigenvalue weighted by atomic mass is 10.2. The van der Waals surface area contributed by atoms with Crippen molar-refractivity contribution >= 4 is 22.9 Å².